The van der Waals surface area contributed by atoms with Crippen molar-refractivity contribution in [2.24, 2.45) is 0 Å². The van der Waals surface area contributed by atoms with E-state index < -0.39 is 4.92 Å². The van der Waals surface area contributed by atoms with Gasteiger partial charge in [-0.3, -0.25) is 14.9 Å². The minimum atomic E-state index is -0.483. The maximum Gasteiger partial charge on any atom is 0.269 e. The number of nitro benzene ring substituents is 1. The van der Waals surface area contributed by atoms with E-state index in [4.69, 9.17) is 0 Å². The average Bonchev–Trinajstić information content (AvgIpc) is 2.77. The Hall–Kier alpha value is -4.30. The van der Waals surface area contributed by atoms with Gasteiger partial charge in [-0.2, -0.15) is 5.26 Å². The van der Waals surface area contributed by atoms with Gasteiger partial charge in [-0.05, 0) is 41.0 Å². The number of carbonyl (C=O) groups is 1. The van der Waals surface area contributed by atoms with Gasteiger partial charge in [0.2, 0.25) is 0 Å². The molecule has 0 fully saturated rings. The Morgan fingerprint density at radius 2 is 1.34 bits per heavy atom. The Morgan fingerprint density at radius 1 is 0.793 bits per heavy atom. The molecule has 5 heteroatoms. The van der Waals surface area contributed by atoms with E-state index in [0.29, 0.717) is 22.3 Å². The van der Waals surface area contributed by atoms with Crippen LogP contribution in [0.3, 0.4) is 0 Å². The maximum atomic E-state index is 12.7. The zero-order chi connectivity index (χ0) is 20.6. The second-order valence-corrected chi connectivity index (χ2v) is 6.17. The van der Waals surface area contributed by atoms with Crippen LogP contribution in [0.4, 0.5) is 5.69 Å². The number of hydrogen-bond donors (Lipinski definition) is 0. The van der Waals surface area contributed by atoms with Crippen LogP contribution in [0.1, 0.15) is 21.5 Å². The fraction of sp³-hybridized carbons (Fsp3) is 0. The molecule has 140 valence electrons. The van der Waals surface area contributed by atoms with Gasteiger partial charge in [0, 0.05) is 17.7 Å². The fourth-order valence-corrected chi connectivity index (χ4v) is 2.76. The van der Waals surface area contributed by atoms with E-state index in [-0.39, 0.29) is 11.5 Å². The van der Waals surface area contributed by atoms with Crippen LogP contribution >= 0.6 is 0 Å². The second-order valence-electron chi connectivity index (χ2n) is 6.17. The number of ketones is 1. The summed E-state index contributed by atoms with van der Waals surface area (Å²) >= 11 is 0. The van der Waals surface area contributed by atoms with Gasteiger partial charge in [0.1, 0.15) is 0 Å². The number of hydrogen-bond acceptors (Lipinski definition) is 4. The predicted molar refractivity (Wildman–Crippen MR) is 112 cm³/mol. The first-order valence-electron chi connectivity index (χ1n) is 8.81. The van der Waals surface area contributed by atoms with Crippen molar-refractivity contribution < 1.29 is 9.72 Å². The third-order valence-electron chi connectivity index (χ3n) is 4.26. The van der Waals surface area contributed by atoms with Crippen molar-refractivity contribution in [1.82, 2.24) is 0 Å². The minimum absolute atomic E-state index is 0.0463. The average molecular weight is 380 g/mol. The van der Waals surface area contributed by atoms with Gasteiger partial charge in [-0.25, -0.2) is 0 Å². The molecule has 0 heterocycles. The highest BCUT2D eigenvalue weighted by atomic mass is 16.6. The number of rotatable bonds is 6. The zero-order valence-electron chi connectivity index (χ0n) is 15.4. The standard InChI is InChI=1S/C24H16N2O3/c25-17-22(18-7-3-1-4-8-18)15-21(16-24(27)20-9-5-2-6-10-20)19-11-13-23(14-12-19)26(28)29/h1-16H/b21-16+,22-15+. The minimum Gasteiger partial charge on any atom is -0.289 e. The molecule has 0 N–H and O–H groups in total. The van der Waals surface area contributed by atoms with Crippen molar-refractivity contribution in [3.05, 3.63) is 124 Å². The Bertz CT molecular complexity index is 1120. The molecule has 0 aliphatic rings. The molecule has 0 spiro atoms. The van der Waals surface area contributed by atoms with Gasteiger partial charge < -0.3 is 0 Å². The quantitative estimate of drug-likeness (QED) is 0.142. The van der Waals surface area contributed by atoms with E-state index in [9.17, 15) is 20.2 Å². The number of nitro groups is 1. The van der Waals surface area contributed by atoms with Gasteiger partial charge >= 0.3 is 0 Å². The van der Waals surface area contributed by atoms with Crippen molar-refractivity contribution in [2.45, 2.75) is 0 Å². The van der Waals surface area contributed by atoms with Crippen LogP contribution < -0.4 is 0 Å². The van der Waals surface area contributed by atoms with Crippen LogP contribution in [0.5, 0.6) is 0 Å². The van der Waals surface area contributed by atoms with Crippen LogP contribution in [-0.4, -0.2) is 10.7 Å². The Kier molecular flexibility index (Phi) is 6.08. The van der Waals surface area contributed by atoms with Crippen molar-refractivity contribution in [3.8, 4) is 6.07 Å². The van der Waals surface area contributed by atoms with Crippen molar-refractivity contribution in [3.63, 3.8) is 0 Å². The molecule has 0 atom stereocenters. The molecule has 5 nitrogen and oxygen atoms in total. The maximum absolute atomic E-state index is 12.7. The third-order valence-corrected chi connectivity index (χ3v) is 4.26. The first-order chi connectivity index (χ1) is 14.1. The molecular weight excluding hydrogens is 364 g/mol. The number of carbonyl (C=O) groups excluding carboxylic acids is 1. The summed E-state index contributed by atoms with van der Waals surface area (Å²) in [6.45, 7) is 0. The lowest BCUT2D eigenvalue weighted by atomic mass is 9.97. The first kappa shape index (κ1) is 19.5. The second kappa shape index (κ2) is 9.07. The van der Waals surface area contributed by atoms with E-state index in [1.165, 1.54) is 18.2 Å². The van der Waals surface area contributed by atoms with E-state index in [1.54, 1.807) is 42.5 Å². The zero-order valence-corrected chi connectivity index (χ0v) is 15.4. The van der Waals surface area contributed by atoms with Gasteiger partial charge in [0.05, 0.1) is 16.6 Å². The lowest BCUT2D eigenvalue weighted by molar-refractivity contribution is -0.384. The molecule has 0 saturated carbocycles. The summed E-state index contributed by atoms with van der Waals surface area (Å²) in [4.78, 5) is 23.2. The highest BCUT2D eigenvalue weighted by molar-refractivity contribution is 6.10. The van der Waals surface area contributed by atoms with E-state index in [0.717, 1.165) is 5.56 Å². The summed E-state index contributed by atoms with van der Waals surface area (Å²) in [6, 6.07) is 25.9. The Balaban J connectivity index is 2.09. The Labute approximate surface area is 168 Å². The van der Waals surface area contributed by atoms with Crippen LogP contribution in [0.15, 0.2) is 97.1 Å². The van der Waals surface area contributed by atoms with Crippen molar-refractivity contribution in [1.29, 1.82) is 5.26 Å². The topological polar surface area (TPSA) is 84.0 Å². The number of nitrogens with zero attached hydrogens (tertiary/aromatic N) is 2. The molecule has 0 amide bonds. The summed E-state index contributed by atoms with van der Waals surface area (Å²) in [7, 11) is 0. The fourth-order valence-electron chi connectivity index (χ4n) is 2.76. The summed E-state index contributed by atoms with van der Waals surface area (Å²) in [6.07, 6.45) is 3.06. The van der Waals surface area contributed by atoms with E-state index >= 15 is 0 Å². The van der Waals surface area contributed by atoms with Gasteiger partial charge in [0.25, 0.3) is 5.69 Å². The lowest BCUT2D eigenvalue weighted by Crippen LogP contribution is -1.96. The normalized spacial score (nSPS) is 11.6. The van der Waals surface area contributed by atoms with Gasteiger partial charge in [-0.15, -0.1) is 0 Å². The molecule has 3 aromatic rings. The van der Waals surface area contributed by atoms with Crippen LogP contribution in [0.2, 0.25) is 0 Å². The van der Waals surface area contributed by atoms with Crippen LogP contribution in [-0.2, 0) is 0 Å². The molecule has 29 heavy (non-hydrogen) atoms. The Morgan fingerprint density at radius 3 is 1.86 bits per heavy atom. The van der Waals surface area contributed by atoms with Crippen LogP contribution in [0, 0.1) is 21.4 Å². The summed E-state index contributed by atoms with van der Waals surface area (Å²) in [5.74, 6) is -0.222. The molecule has 0 bridgehead atoms. The molecule has 0 unspecified atom stereocenters. The molecule has 0 aliphatic carbocycles. The highest BCUT2D eigenvalue weighted by Crippen LogP contribution is 2.25. The van der Waals surface area contributed by atoms with E-state index in [2.05, 4.69) is 6.07 Å². The first-order valence-corrected chi connectivity index (χ1v) is 8.81. The lowest BCUT2D eigenvalue weighted by Gasteiger charge is -2.06. The summed E-state index contributed by atoms with van der Waals surface area (Å²) < 4.78 is 0. The third kappa shape index (κ3) is 4.90. The largest absolute Gasteiger partial charge is 0.289 e. The van der Waals surface area contributed by atoms with Crippen molar-refractivity contribution >= 4 is 22.6 Å². The molecule has 3 rings (SSSR count). The monoisotopic (exact) mass is 380 g/mol. The van der Waals surface area contributed by atoms with Crippen molar-refractivity contribution in [2.75, 3.05) is 0 Å². The van der Waals surface area contributed by atoms with Gasteiger partial charge in [-0.1, -0.05) is 60.7 Å². The number of benzene rings is 3. The number of allylic oxidation sites excluding steroid dienone is 4. The van der Waals surface area contributed by atoms with Gasteiger partial charge in [0.15, 0.2) is 5.78 Å². The SMILES string of the molecule is N#C/C(=C\C(=C/C(=O)c1ccccc1)c1ccc([N+](=O)[O-])cc1)c1ccccc1. The molecule has 3 aromatic carbocycles. The van der Waals surface area contributed by atoms with E-state index in [1.807, 2.05) is 36.4 Å². The summed E-state index contributed by atoms with van der Waals surface area (Å²) in [5.41, 5.74) is 2.66. The highest BCUT2D eigenvalue weighted by Gasteiger charge is 2.10. The molecule has 0 aliphatic heterocycles. The predicted octanol–water partition coefficient (Wildman–Crippen LogP) is 5.47. The van der Waals surface area contributed by atoms with Crippen LogP contribution in [0.25, 0.3) is 11.1 Å². The number of non-ortho nitro benzene ring substituents is 1. The number of nitriles is 1. The molecule has 0 saturated heterocycles. The molecule has 0 radical (unpaired) electrons. The molecular formula is C24H16N2O3. The molecule has 0 aromatic heterocycles. The smallest absolute Gasteiger partial charge is 0.269 e. The summed E-state index contributed by atoms with van der Waals surface area (Å²) in [5, 5.41) is 20.6.